The van der Waals surface area contributed by atoms with Crippen LogP contribution in [0, 0.1) is 5.92 Å². The standard InChI is InChI=1S/C24H30N2O4S/c1-4-31-21-11-5-18(6-12-21)15-22(24(29)25-13-14-27)26-23(28)19-7-9-20(10-8-19)30-16-17(2)3/h5-12,15,17,27H,4,13-14,16H2,1-3H3,(H,25,29)(H,26,28)/b22-15+. The number of carbonyl (C=O) groups is 2. The van der Waals surface area contributed by atoms with Gasteiger partial charge >= 0.3 is 0 Å². The largest absolute Gasteiger partial charge is 0.493 e. The summed E-state index contributed by atoms with van der Waals surface area (Å²) in [5.41, 5.74) is 1.30. The molecule has 6 nitrogen and oxygen atoms in total. The summed E-state index contributed by atoms with van der Waals surface area (Å²) in [4.78, 5) is 26.4. The molecular formula is C24H30N2O4S. The lowest BCUT2D eigenvalue weighted by Crippen LogP contribution is -2.36. The molecule has 0 aliphatic heterocycles. The second kappa shape index (κ2) is 12.8. The fourth-order valence-electron chi connectivity index (χ4n) is 2.58. The molecule has 31 heavy (non-hydrogen) atoms. The van der Waals surface area contributed by atoms with Crippen LogP contribution < -0.4 is 15.4 Å². The number of ether oxygens (including phenoxy) is 1. The molecule has 166 valence electrons. The first-order chi connectivity index (χ1) is 14.9. The molecule has 0 aromatic heterocycles. The Hall–Kier alpha value is -2.77. The number of aliphatic hydroxyl groups is 1. The van der Waals surface area contributed by atoms with Gasteiger partial charge in [-0.2, -0.15) is 0 Å². The van der Waals surface area contributed by atoms with Gasteiger partial charge in [-0.25, -0.2) is 0 Å². The molecule has 2 rings (SSSR count). The van der Waals surface area contributed by atoms with Gasteiger partial charge < -0.3 is 20.5 Å². The van der Waals surface area contributed by atoms with E-state index >= 15 is 0 Å². The van der Waals surface area contributed by atoms with Gasteiger partial charge in [-0.05, 0) is 59.7 Å². The minimum atomic E-state index is -0.466. The van der Waals surface area contributed by atoms with Crippen molar-refractivity contribution in [3.8, 4) is 5.75 Å². The maximum absolute atomic E-state index is 12.7. The molecule has 0 radical (unpaired) electrons. The minimum Gasteiger partial charge on any atom is -0.493 e. The molecule has 2 amide bonds. The topological polar surface area (TPSA) is 87.7 Å². The third-order valence-electron chi connectivity index (χ3n) is 4.09. The number of rotatable bonds is 11. The Balaban J connectivity index is 2.16. The number of benzene rings is 2. The molecule has 3 N–H and O–H groups in total. The summed E-state index contributed by atoms with van der Waals surface area (Å²) in [6.07, 6.45) is 1.62. The molecule has 0 saturated carbocycles. The zero-order valence-electron chi connectivity index (χ0n) is 18.2. The summed E-state index contributed by atoms with van der Waals surface area (Å²) in [5.74, 6) is 1.20. The maximum Gasteiger partial charge on any atom is 0.267 e. The highest BCUT2D eigenvalue weighted by Crippen LogP contribution is 2.19. The van der Waals surface area contributed by atoms with Crippen molar-refractivity contribution in [3.63, 3.8) is 0 Å². The molecule has 7 heteroatoms. The van der Waals surface area contributed by atoms with E-state index in [4.69, 9.17) is 9.84 Å². The molecule has 0 aliphatic carbocycles. The molecule has 0 fully saturated rings. The Bertz CT molecular complexity index is 877. The summed E-state index contributed by atoms with van der Waals surface area (Å²) in [6, 6.07) is 14.5. The molecule has 0 atom stereocenters. The van der Waals surface area contributed by atoms with Gasteiger partial charge in [0.15, 0.2) is 0 Å². The maximum atomic E-state index is 12.7. The summed E-state index contributed by atoms with van der Waals surface area (Å²) in [5, 5.41) is 14.3. The third-order valence-corrected chi connectivity index (χ3v) is 4.99. The van der Waals surface area contributed by atoms with Crippen LogP contribution in [-0.4, -0.2) is 42.4 Å². The predicted octanol–water partition coefficient (Wildman–Crippen LogP) is 3.71. The second-order valence-electron chi connectivity index (χ2n) is 7.22. The smallest absolute Gasteiger partial charge is 0.267 e. The first-order valence-corrected chi connectivity index (χ1v) is 11.3. The Morgan fingerprint density at radius 1 is 1.10 bits per heavy atom. The molecule has 0 bridgehead atoms. The minimum absolute atomic E-state index is 0.0972. The molecule has 0 unspecified atom stereocenters. The van der Waals surface area contributed by atoms with Crippen LogP contribution in [0.1, 0.15) is 36.7 Å². The van der Waals surface area contributed by atoms with Crippen LogP contribution in [0.15, 0.2) is 59.1 Å². The van der Waals surface area contributed by atoms with Crippen molar-refractivity contribution in [2.24, 2.45) is 5.92 Å². The summed E-state index contributed by atoms with van der Waals surface area (Å²) < 4.78 is 5.64. The number of amides is 2. The van der Waals surface area contributed by atoms with Crippen molar-refractivity contribution in [1.29, 1.82) is 0 Å². The second-order valence-corrected chi connectivity index (χ2v) is 8.56. The van der Waals surface area contributed by atoms with Crippen molar-refractivity contribution in [2.75, 3.05) is 25.5 Å². The number of hydrogen-bond donors (Lipinski definition) is 3. The quantitative estimate of drug-likeness (QED) is 0.365. The Morgan fingerprint density at radius 3 is 2.35 bits per heavy atom. The SMILES string of the molecule is CCSc1ccc(/C=C(/NC(=O)c2ccc(OCC(C)C)cc2)C(=O)NCCO)cc1. The van der Waals surface area contributed by atoms with Crippen LogP contribution in [0.3, 0.4) is 0 Å². The van der Waals surface area contributed by atoms with Crippen molar-refractivity contribution in [3.05, 3.63) is 65.4 Å². The summed E-state index contributed by atoms with van der Waals surface area (Å²) in [7, 11) is 0. The first-order valence-electron chi connectivity index (χ1n) is 10.3. The molecule has 0 aliphatic rings. The fraction of sp³-hybridized carbons (Fsp3) is 0.333. The van der Waals surface area contributed by atoms with Crippen LogP contribution in [0.25, 0.3) is 6.08 Å². The molecule has 2 aromatic rings. The summed E-state index contributed by atoms with van der Waals surface area (Å²) >= 11 is 1.73. The average molecular weight is 443 g/mol. The number of aliphatic hydroxyl groups excluding tert-OH is 1. The average Bonchev–Trinajstić information content (AvgIpc) is 2.77. The van der Waals surface area contributed by atoms with Crippen LogP contribution in [0.4, 0.5) is 0 Å². The lowest BCUT2D eigenvalue weighted by atomic mass is 10.1. The van der Waals surface area contributed by atoms with Gasteiger partial charge in [0.1, 0.15) is 11.4 Å². The lowest BCUT2D eigenvalue weighted by molar-refractivity contribution is -0.117. The van der Waals surface area contributed by atoms with Gasteiger partial charge in [0.05, 0.1) is 13.2 Å². The van der Waals surface area contributed by atoms with Gasteiger partial charge in [-0.3, -0.25) is 9.59 Å². The van der Waals surface area contributed by atoms with Crippen LogP contribution in [-0.2, 0) is 4.79 Å². The van der Waals surface area contributed by atoms with Gasteiger partial charge in [-0.1, -0.05) is 32.9 Å². The molecule has 0 saturated heterocycles. The van der Waals surface area contributed by atoms with Crippen LogP contribution in [0.5, 0.6) is 5.75 Å². The van der Waals surface area contributed by atoms with E-state index in [1.807, 2.05) is 24.3 Å². The number of hydrogen-bond acceptors (Lipinski definition) is 5. The van der Waals surface area contributed by atoms with Gasteiger partial charge in [-0.15, -0.1) is 11.8 Å². The van der Waals surface area contributed by atoms with Crippen molar-refractivity contribution in [1.82, 2.24) is 10.6 Å². The van der Waals surface area contributed by atoms with E-state index in [-0.39, 0.29) is 18.8 Å². The molecule has 2 aromatic carbocycles. The monoisotopic (exact) mass is 442 g/mol. The molecule has 0 spiro atoms. The number of carbonyl (C=O) groups excluding carboxylic acids is 2. The predicted molar refractivity (Wildman–Crippen MR) is 125 cm³/mol. The van der Waals surface area contributed by atoms with Gasteiger partial charge in [0.25, 0.3) is 11.8 Å². The zero-order chi connectivity index (χ0) is 22.6. The highest BCUT2D eigenvalue weighted by Gasteiger charge is 2.14. The van der Waals surface area contributed by atoms with E-state index < -0.39 is 11.8 Å². The number of nitrogens with one attached hydrogen (secondary N) is 2. The normalized spacial score (nSPS) is 11.3. The van der Waals surface area contributed by atoms with Crippen LogP contribution in [0.2, 0.25) is 0 Å². The Kier molecular flexibility index (Phi) is 10.1. The van der Waals surface area contributed by atoms with E-state index in [1.165, 1.54) is 0 Å². The third kappa shape index (κ3) is 8.47. The summed E-state index contributed by atoms with van der Waals surface area (Å²) in [6.45, 7) is 6.72. The van der Waals surface area contributed by atoms with Gasteiger partial charge in [0.2, 0.25) is 0 Å². The Morgan fingerprint density at radius 2 is 1.77 bits per heavy atom. The van der Waals surface area contributed by atoms with E-state index in [2.05, 4.69) is 31.4 Å². The van der Waals surface area contributed by atoms with Crippen molar-refractivity contribution >= 4 is 29.7 Å². The van der Waals surface area contributed by atoms with E-state index in [1.54, 1.807) is 42.1 Å². The van der Waals surface area contributed by atoms with Crippen molar-refractivity contribution < 1.29 is 19.4 Å². The Labute approximate surface area is 188 Å². The highest BCUT2D eigenvalue weighted by molar-refractivity contribution is 7.99. The first kappa shape index (κ1) is 24.5. The van der Waals surface area contributed by atoms with Crippen molar-refractivity contribution in [2.45, 2.75) is 25.7 Å². The zero-order valence-corrected chi connectivity index (χ0v) is 19.0. The fourth-order valence-corrected chi connectivity index (χ4v) is 3.24. The molecular weight excluding hydrogens is 412 g/mol. The van der Waals surface area contributed by atoms with E-state index in [0.29, 0.717) is 23.8 Å². The highest BCUT2D eigenvalue weighted by atomic mass is 32.2. The lowest BCUT2D eigenvalue weighted by Gasteiger charge is -2.12. The molecule has 0 heterocycles. The van der Waals surface area contributed by atoms with Gasteiger partial charge in [0, 0.05) is 17.0 Å². The van der Waals surface area contributed by atoms with Crippen LogP contribution >= 0.6 is 11.8 Å². The van der Waals surface area contributed by atoms with E-state index in [0.717, 1.165) is 16.2 Å². The van der Waals surface area contributed by atoms with E-state index in [9.17, 15) is 9.59 Å². The number of thioether (sulfide) groups is 1.